The van der Waals surface area contributed by atoms with Crippen LogP contribution in [-0.4, -0.2) is 30.1 Å². The van der Waals surface area contributed by atoms with E-state index in [1.54, 1.807) is 4.90 Å². The van der Waals surface area contributed by atoms with Crippen molar-refractivity contribution in [2.24, 2.45) is 11.8 Å². The SMILES string of the molecule is C=C1C2=CC=CC3C=CC=C(C(=O)N1CC1CO1)C23. The number of epoxide rings is 1. The minimum absolute atomic E-state index is 0.0901. The summed E-state index contributed by atoms with van der Waals surface area (Å²) in [4.78, 5) is 14.4. The average molecular weight is 253 g/mol. The molecule has 1 amide bonds. The Kier molecular flexibility index (Phi) is 2.21. The van der Waals surface area contributed by atoms with E-state index in [4.69, 9.17) is 4.74 Å². The average Bonchev–Trinajstić information content (AvgIpc) is 3.25. The number of nitrogens with zero attached hydrogens (tertiary/aromatic N) is 1. The Bertz CT molecular complexity index is 546. The predicted octanol–water partition coefficient (Wildman–Crippen LogP) is 1.97. The van der Waals surface area contributed by atoms with Gasteiger partial charge in [0, 0.05) is 23.1 Å². The minimum atomic E-state index is 0.0901. The number of rotatable bonds is 2. The maximum absolute atomic E-state index is 12.6. The summed E-state index contributed by atoms with van der Waals surface area (Å²) < 4.78 is 5.25. The quantitative estimate of drug-likeness (QED) is 0.705. The van der Waals surface area contributed by atoms with Crippen LogP contribution in [0.25, 0.3) is 0 Å². The molecule has 2 aliphatic heterocycles. The first kappa shape index (κ1) is 11.0. The molecule has 4 aliphatic rings. The van der Waals surface area contributed by atoms with Crippen molar-refractivity contribution in [3.63, 3.8) is 0 Å². The molecule has 3 nitrogen and oxygen atoms in total. The number of amides is 1. The van der Waals surface area contributed by atoms with Crippen LogP contribution >= 0.6 is 0 Å². The topological polar surface area (TPSA) is 32.8 Å². The third-order valence-electron chi connectivity index (χ3n) is 4.21. The molecule has 0 aromatic rings. The lowest BCUT2D eigenvalue weighted by atomic mass is 9.71. The number of carbonyl (C=O) groups excluding carboxylic acids is 1. The van der Waals surface area contributed by atoms with E-state index in [-0.39, 0.29) is 17.9 Å². The Morgan fingerprint density at radius 3 is 2.63 bits per heavy atom. The molecule has 0 bridgehead atoms. The fourth-order valence-corrected chi connectivity index (χ4v) is 3.14. The Balaban J connectivity index is 1.77. The Labute approximate surface area is 112 Å². The van der Waals surface area contributed by atoms with E-state index >= 15 is 0 Å². The van der Waals surface area contributed by atoms with E-state index in [1.165, 1.54) is 5.57 Å². The zero-order valence-corrected chi connectivity index (χ0v) is 10.6. The summed E-state index contributed by atoms with van der Waals surface area (Å²) in [5.74, 6) is 0.540. The Hall–Kier alpha value is -1.87. The minimum Gasteiger partial charge on any atom is -0.371 e. The molecule has 19 heavy (non-hydrogen) atoms. The van der Waals surface area contributed by atoms with Gasteiger partial charge in [-0.15, -0.1) is 0 Å². The fraction of sp³-hybridized carbons (Fsp3) is 0.312. The number of ether oxygens (including phenoxy) is 1. The van der Waals surface area contributed by atoms with Gasteiger partial charge in [0.15, 0.2) is 0 Å². The summed E-state index contributed by atoms with van der Waals surface area (Å²) in [7, 11) is 0. The third kappa shape index (κ3) is 1.58. The summed E-state index contributed by atoms with van der Waals surface area (Å²) >= 11 is 0. The summed E-state index contributed by atoms with van der Waals surface area (Å²) in [6.45, 7) is 5.51. The Morgan fingerprint density at radius 1 is 1.26 bits per heavy atom. The molecule has 0 spiro atoms. The van der Waals surface area contributed by atoms with Crippen molar-refractivity contribution in [1.29, 1.82) is 0 Å². The van der Waals surface area contributed by atoms with Gasteiger partial charge in [0.1, 0.15) is 0 Å². The molecule has 3 heteroatoms. The molecule has 0 N–H and O–H groups in total. The van der Waals surface area contributed by atoms with E-state index in [9.17, 15) is 4.79 Å². The van der Waals surface area contributed by atoms with Gasteiger partial charge in [0.25, 0.3) is 5.91 Å². The lowest BCUT2D eigenvalue weighted by Crippen LogP contribution is -2.44. The molecule has 2 fully saturated rings. The molecular weight excluding hydrogens is 238 g/mol. The van der Waals surface area contributed by atoms with Crippen molar-refractivity contribution in [3.05, 3.63) is 59.9 Å². The van der Waals surface area contributed by atoms with Crippen LogP contribution < -0.4 is 0 Å². The highest BCUT2D eigenvalue weighted by atomic mass is 16.6. The van der Waals surface area contributed by atoms with Crippen LogP contribution in [0.5, 0.6) is 0 Å². The van der Waals surface area contributed by atoms with Gasteiger partial charge in [-0.05, 0) is 5.57 Å². The number of carbonyl (C=O) groups is 1. The maximum atomic E-state index is 12.6. The van der Waals surface area contributed by atoms with E-state index < -0.39 is 0 Å². The molecule has 0 radical (unpaired) electrons. The summed E-state index contributed by atoms with van der Waals surface area (Å²) in [5, 5.41) is 0. The van der Waals surface area contributed by atoms with E-state index in [2.05, 4.69) is 30.9 Å². The van der Waals surface area contributed by atoms with Crippen LogP contribution in [0, 0.1) is 11.8 Å². The van der Waals surface area contributed by atoms with Crippen molar-refractivity contribution in [1.82, 2.24) is 4.90 Å². The lowest BCUT2D eigenvalue weighted by Gasteiger charge is -2.41. The van der Waals surface area contributed by atoms with Crippen molar-refractivity contribution in [2.75, 3.05) is 13.2 Å². The number of piperidine rings is 1. The number of likely N-dealkylation sites (tertiary alicyclic amines) is 1. The molecular formula is C16H15NO2. The second-order valence-electron chi connectivity index (χ2n) is 5.39. The van der Waals surface area contributed by atoms with Crippen molar-refractivity contribution < 1.29 is 9.53 Å². The highest BCUT2D eigenvalue weighted by Gasteiger charge is 2.43. The summed E-state index contributed by atoms with van der Waals surface area (Å²) in [5.41, 5.74) is 2.90. The van der Waals surface area contributed by atoms with Gasteiger partial charge >= 0.3 is 0 Å². The smallest absolute Gasteiger partial charge is 0.254 e. The highest BCUT2D eigenvalue weighted by molar-refractivity contribution is 5.99. The second-order valence-corrected chi connectivity index (χ2v) is 5.39. The van der Waals surface area contributed by atoms with Crippen molar-refractivity contribution in [2.45, 2.75) is 6.10 Å². The van der Waals surface area contributed by atoms with Crippen LogP contribution in [0.1, 0.15) is 0 Å². The molecule has 2 aliphatic carbocycles. The summed E-state index contributed by atoms with van der Waals surface area (Å²) in [6.07, 6.45) is 12.6. The monoisotopic (exact) mass is 253 g/mol. The van der Waals surface area contributed by atoms with Gasteiger partial charge in [-0.3, -0.25) is 4.79 Å². The van der Waals surface area contributed by atoms with Gasteiger partial charge in [-0.2, -0.15) is 0 Å². The zero-order valence-electron chi connectivity index (χ0n) is 10.6. The van der Waals surface area contributed by atoms with Crippen LogP contribution in [0.3, 0.4) is 0 Å². The molecule has 0 aromatic heterocycles. The van der Waals surface area contributed by atoms with E-state index in [1.807, 2.05) is 12.2 Å². The molecule has 4 rings (SSSR count). The van der Waals surface area contributed by atoms with Gasteiger partial charge in [0.05, 0.1) is 19.3 Å². The maximum Gasteiger partial charge on any atom is 0.254 e. The second kappa shape index (κ2) is 3.81. The van der Waals surface area contributed by atoms with Gasteiger partial charge in [-0.25, -0.2) is 0 Å². The zero-order chi connectivity index (χ0) is 13.0. The molecule has 2 saturated heterocycles. The first-order valence-corrected chi connectivity index (χ1v) is 6.65. The van der Waals surface area contributed by atoms with Crippen LogP contribution in [0.2, 0.25) is 0 Å². The molecule has 3 atom stereocenters. The number of allylic oxidation sites excluding steroid dienone is 7. The summed E-state index contributed by atoms with van der Waals surface area (Å²) in [6, 6.07) is 0. The molecule has 0 saturated carbocycles. The predicted molar refractivity (Wildman–Crippen MR) is 72.0 cm³/mol. The lowest BCUT2D eigenvalue weighted by molar-refractivity contribution is -0.126. The van der Waals surface area contributed by atoms with E-state index in [0.717, 1.165) is 17.9 Å². The van der Waals surface area contributed by atoms with Crippen LogP contribution in [0.4, 0.5) is 0 Å². The Morgan fingerprint density at radius 2 is 1.95 bits per heavy atom. The normalized spacial score (nSPS) is 34.9. The first-order chi connectivity index (χ1) is 9.25. The van der Waals surface area contributed by atoms with Crippen molar-refractivity contribution >= 4 is 5.91 Å². The fourth-order valence-electron chi connectivity index (χ4n) is 3.14. The standard InChI is InChI=1S/C16H15NO2/c1-10-13-6-2-4-11-5-3-7-14(15(11)13)16(18)17(10)8-12-9-19-12/h2-7,11-12,15H,1,8-9H2. The van der Waals surface area contributed by atoms with Crippen molar-refractivity contribution in [3.8, 4) is 0 Å². The molecule has 0 aromatic carbocycles. The van der Waals surface area contributed by atoms with E-state index in [0.29, 0.717) is 12.5 Å². The molecule has 3 unspecified atom stereocenters. The van der Waals surface area contributed by atoms with Gasteiger partial charge in [0.2, 0.25) is 0 Å². The largest absolute Gasteiger partial charge is 0.371 e. The molecule has 2 heterocycles. The van der Waals surface area contributed by atoms with Gasteiger partial charge in [-0.1, -0.05) is 43.0 Å². The number of hydrogen-bond acceptors (Lipinski definition) is 2. The van der Waals surface area contributed by atoms with Crippen LogP contribution in [0.15, 0.2) is 59.9 Å². The molecule has 96 valence electrons. The first-order valence-electron chi connectivity index (χ1n) is 6.65. The van der Waals surface area contributed by atoms with Gasteiger partial charge < -0.3 is 9.64 Å². The number of hydrogen-bond donors (Lipinski definition) is 0. The highest BCUT2D eigenvalue weighted by Crippen LogP contribution is 2.44. The van der Waals surface area contributed by atoms with Crippen LogP contribution in [-0.2, 0) is 9.53 Å². The third-order valence-corrected chi connectivity index (χ3v) is 4.21.